The van der Waals surface area contributed by atoms with E-state index >= 15 is 0 Å². The molecule has 0 aliphatic carbocycles. The summed E-state index contributed by atoms with van der Waals surface area (Å²) in [6.45, 7) is 2.27. The Hall–Kier alpha value is 1.24. The molecule has 0 aromatic rings. The fraction of sp³-hybridized carbons (Fsp3) is 0.867. The second-order valence-corrected chi connectivity index (χ2v) is 5.44. The molecule has 0 saturated carbocycles. The average molecular weight is 361 g/mol. The van der Waals surface area contributed by atoms with Gasteiger partial charge in [0.15, 0.2) is 0 Å². The SMILES string of the molecule is CCCCCC/C=C\CCCCCC[CH2][Mg+].[I-]. The van der Waals surface area contributed by atoms with Gasteiger partial charge in [-0.05, 0) is 0 Å². The van der Waals surface area contributed by atoms with Crippen LogP contribution in [0.1, 0.15) is 77.6 Å². The molecule has 0 nitrogen and oxygen atoms in total. The van der Waals surface area contributed by atoms with E-state index in [9.17, 15) is 0 Å². The summed E-state index contributed by atoms with van der Waals surface area (Å²) in [6, 6.07) is 0. The van der Waals surface area contributed by atoms with E-state index in [2.05, 4.69) is 40.8 Å². The Labute approximate surface area is 139 Å². The summed E-state index contributed by atoms with van der Waals surface area (Å²) >= 11 is 2.10. The molecule has 0 radical (unpaired) electrons. The second-order valence-electron chi connectivity index (χ2n) is 4.73. The minimum atomic E-state index is 0. The molecule has 17 heavy (non-hydrogen) atoms. The van der Waals surface area contributed by atoms with Crippen molar-refractivity contribution in [2.45, 2.75) is 82.1 Å². The molecule has 0 unspecified atom stereocenters. The zero-order chi connectivity index (χ0) is 11.9. The van der Waals surface area contributed by atoms with Gasteiger partial charge in [0.1, 0.15) is 0 Å². The van der Waals surface area contributed by atoms with Gasteiger partial charge >= 0.3 is 96.2 Å². The molecule has 0 aliphatic heterocycles. The number of unbranched alkanes of at least 4 members (excludes halogenated alkanes) is 9. The quantitative estimate of drug-likeness (QED) is 0.217. The molecule has 2 heteroatoms. The van der Waals surface area contributed by atoms with Gasteiger partial charge in [0.05, 0.1) is 0 Å². The van der Waals surface area contributed by atoms with E-state index in [0.29, 0.717) is 0 Å². The third-order valence-corrected chi connectivity index (χ3v) is 3.51. The molecule has 0 heterocycles. The van der Waals surface area contributed by atoms with E-state index in [4.69, 9.17) is 0 Å². The van der Waals surface area contributed by atoms with Crippen molar-refractivity contribution in [3.8, 4) is 0 Å². The smallest absolute Gasteiger partial charge is 1.00 e. The largest absolute Gasteiger partial charge is 1.00 e. The fourth-order valence-corrected chi connectivity index (χ4v) is 2.25. The number of allylic oxidation sites excluding steroid dienone is 2. The topological polar surface area (TPSA) is 0 Å². The number of hydrogen-bond donors (Lipinski definition) is 0. The van der Waals surface area contributed by atoms with Crippen molar-refractivity contribution < 1.29 is 24.0 Å². The van der Waals surface area contributed by atoms with Gasteiger partial charge in [-0.15, -0.1) is 0 Å². The zero-order valence-electron chi connectivity index (χ0n) is 11.7. The summed E-state index contributed by atoms with van der Waals surface area (Å²) in [7, 11) is 0. The molecule has 0 aromatic heterocycles. The fourth-order valence-electron chi connectivity index (χ4n) is 1.89. The Bertz CT molecular complexity index is 146. The van der Waals surface area contributed by atoms with Crippen molar-refractivity contribution in [1.82, 2.24) is 0 Å². The first-order chi connectivity index (χ1) is 7.91. The second kappa shape index (κ2) is 19.6. The van der Waals surface area contributed by atoms with E-state index in [1.165, 1.54) is 75.2 Å². The van der Waals surface area contributed by atoms with Crippen molar-refractivity contribution in [2.75, 3.05) is 0 Å². The summed E-state index contributed by atoms with van der Waals surface area (Å²) in [5.41, 5.74) is 0. The van der Waals surface area contributed by atoms with Gasteiger partial charge in [-0.1, -0.05) is 19.8 Å². The van der Waals surface area contributed by atoms with E-state index < -0.39 is 0 Å². The van der Waals surface area contributed by atoms with E-state index in [1.54, 1.807) is 0 Å². The van der Waals surface area contributed by atoms with Crippen molar-refractivity contribution >= 4 is 21.7 Å². The number of rotatable bonds is 12. The maximum Gasteiger partial charge on any atom is -1.00 e. The molecule has 0 amide bonds. The van der Waals surface area contributed by atoms with Crippen LogP contribution in [0.3, 0.4) is 0 Å². The first-order valence-electron chi connectivity index (χ1n) is 7.36. The standard InChI is InChI=1S/C15H29.HI.Mg/c1-3-5-7-9-11-13-15-14-12-10-8-6-4-2;;/h14-15H,1,3-13H2,2H3;1H;/q;;+1/p-1/b15-14-;;. The van der Waals surface area contributed by atoms with Gasteiger partial charge < -0.3 is 24.0 Å². The minimum Gasteiger partial charge on any atom is -1.00 e. The predicted molar refractivity (Wildman–Crippen MR) is 76.2 cm³/mol. The number of hydrogen-bond acceptors (Lipinski definition) is 0. The molecule has 0 fully saturated rings. The molecular formula is C15H29IMg. The van der Waals surface area contributed by atoms with Crippen LogP contribution in [0.15, 0.2) is 12.2 Å². The van der Waals surface area contributed by atoms with Gasteiger partial charge in [-0.25, -0.2) is 0 Å². The van der Waals surface area contributed by atoms with E-state index in [0.717, 1.165) is 0 Å². The van der Waals surface area contributed by atoms with Crippen molar-refractivity contribution in [2.24, 2.45) is 0 Å². The zero-order valence-corrected chi connectivity index (χ0v) is 15.3. The third-order valence-electron chi connectivity index (χ3n) is 3.01. The van der Waals surface area contributed by atoms with Crippen LogP contribution in [0.4, 0.5) is 0 Å². The van der Waals surface area contributed by atoms with Crippen LogP contribution in [0.2, 0.25) is 4.55 Å². The van der Waals surface area contributed by atoms with Crippen LogP contribution in [0, 0.1) is 0 Å². The third kappa shape index (κ3) is 19.7. The Morgan fingerprint density at radius 3 is 1.71 bits per heavy atom. The molecule has 0 saturated heterocycles. The van der Waals surface area contributed by atoms with Gasteiger partial charge in [-0.3, -0.25) is 0 Å². The normalized spacial score (nSPS) is 10.8. The van der Waals surface area contributed by atoms with Crippen molar-refractivity contribution in [3.63, 3.8) is 0 Å². The van der Waals surface area contributed by atoms with Crippen LogP contribution >= 0.6 is 0 Å². The number of halogens is 1. The van der Waals surface area contributed by atoms with Crippen LogP contribution in [-0.4, -0.2) is 21.7 Å². The maximum absolute atomic E-state index is 2.40. The summed E-state index contributed by atoms with van der Waals surface area (Å²) in [5.74, 6) is 0. The Morgan fingerprint density at radius 1 is 0.706 bits per heavy atom. The molecule has 0 spiro atoms. The molecule has 98 valence electrons. The molecule has 0 rings (SSSR count). The van der Waals surface area contributed by atoms with Crippen LogP contribution in [0.5, 0.6) is 0 Å². The van der Waals surface area contributed by atoms with Crippen LogP contribution < -0.4 is 24.0 Å². The first kappa shape index (κ1) is 20.6. The van der Waals surface area contributed by atoms with Crippen LogP contribution in [0.25, 0.3) is 0 Å². The van der Waals surface area contributed by atoms with Gasteiger partial charge in [0, 0.05) is 0 Å². The van der Waals surface area contributed by atoms with E-state index in [-0.39, 0.29) is 24.0 Å². The molecular weight excluding hydrogens is 331 g/mol. The Kier molecular flexibility index (Phi) is 23.7. The summed E-state index contributed by atoms with van der Waals surface area (Å²) in [4.78, 5) is 0. The van der Waals surface area contributed by atoms with E-state index in [1.807, 2.05) is 0 Å². The molecule has 0 aromatic carbocycles. The van der Waals surface area contributed by atoms with Crippen LogP contribution in [-0.2, 0) is 0 Å². The molecule has 0 aliphatic rings. The molecule has 0 bridgehead atoms. The van der Waals surface area contributed by atoms with Gasteiger partial charge in [0.25, 0.3) is 0 Å². The molecule has 0 N–H and O–H groups in total. The van der Waals surface area contributed by atoms with Crippen molar-refractivity contribution in [1.29, 1.82) is 0 Å². The monoisotopic (exact) mass is 360 g/mol. The minimum absolute atomic E-state index is 0. The van der Waals surface area contributed by atoms with Crippen molar-refractivity contribution in [3.05, 3.63) is 12.2 Å². The Morgan fingerprint density at radius 2 is 1.18 bits per heavy atom. The van der Waals surface area contributed by atoms with Gasteiger partial charge in [0.2, 0.25) is 0 Å². The first-order valence-corrected chi connectivity index (χ1v) is 8.36. The average Bonchev–Trinajstić information content (AvgIpc) is 2.31. The Balaban J connectivity index is 0. The summed E-state index contributed by atoms with van der Waals surface area (Å²) in [5, 5.41) is 0. The summed E-state index contributed by atoms with van der Waals surface area (Å²) in [6.07, 6.45) is 20.1. The predicted octanol–water partition coefficient (Wildman–Crippen LogP) is 2.44. The van der Waals surface area contributed by atoms with Gasteiger partial charge in [-0.2, -0.15) is 0 Å². The molecule has 0 atom stereocenters. The maximum atomic E-state index is 2.40. The summed E-state index contributed by atoms with van der Waals surface area (Å²) < 4.78 is 1.39.